The topological polar surface area (TPSA) is 55.4 Å². The number of hydrogen-bond donors (Lipinski definition) is 1. The van der Waals surface area contributed by atoms with Crippen LogP contribution in [0.2, 0.25) is 5.02 Å². The summed E-state index contributed by atoms with van der Waals surface area (Å²) < 4.78 is 45.7. The van der Waals surface area contributed by atoms with E-state index in [4.69, 9.17) is 16.3 Å². The summed E-state index contributed by atoms with van der Waals surface area (Å²) in [5, 5.41) is 0.124. The average molecular weight is 330 g/mol. The fraction of sp³-hybridized carbons (Fsp3) is 0.143. The Bertz CT molecular complexity index is 778. The zero-order valence-corrected chi connectivity index (χ0v) is 12.9. The molecule has 2 aromatic carbocycles. The summed E-state index contributed by atoms with van der Waals surface area (Å²) in [6.07, 6.45) is 0. The van der Waals surface area contributed by atoms with Gasteiger partial charge >= 0.3 is 0 Å². The van der Waals surface area contributed by atoms with Crippen molar-refractivity contribution >= 4 is 27.3 Å². The maximum Gasteiger partial charge on any atom is 0.264 e. The fourth-order valence-electron chi connectivity index (χ4n) is 1.78. The molecule has 0 fully saturated rings. The summed E-state index contributed by atoms with van der Waals surface area (Å²) in [6, 6.07) is 8.32. The number of nitrogens with one attached hydrogen (secondary N) is 1. The third-order valence-electron chi connectivity index (χ3n) is 2.78. The van der Waals surface area contributed by atoms with Gasteiger partial charge in [0.1, 0.15) is 16.5 Å². The van der Waals surface area contributed by atoms with E-state index < -0.39 is 20.7 Å². The highest BCUT2D eigenvalue weighted by Crippen LogP contribution is 2.28. The molecule has 112 valence electrons. The second kappa shape index (κ2) is 5.91. The maximum absolute atomic E-state index is 13.8. The van der Waals surface area contributed by atoms with Gasteiger partial charge in [0, 0.05) is 5.02 Å². The molecular formula is C14H13ClFNO3S. The van der Waals surface area contributed by atoms with Crippen molar-refractivity contribution in [1.29, 1.82) is 0 Å². The van der Waals surface area contributed by atoms with Gasteiger partial charge in [0.05, 0.1) is 12.8 Å². The molecule has 0 amide bonds. The highest BCUT2D eigenvalue weighted by molar-refractivity contribution is 7.92. The standard InChI is InChI=1S/C14H13ClFNO3S/c1-9-3-5-12(13(7-9)20-2)17-21(18,19)14-6-4-10(15)8-11(14)16/h3-8,17H,1-2H3. The van der Waals surface area contributed by atoms with Gasteiger partial charge in [-0.1, -0.05) is 17.7 Å². The predicted molar refractivity (Wildman–Crippen MR) is 79.9 cm³/mol. The third kappa shape index (κ3) is 3.46. The number of sulfonamides is 1. The molecule has 0 aromatic heterocycles. The Balaban J connectivity index is 2.42. The quantitative estimate of drug-likeness (QED) is 0.932. The number of aryl methyl sites for hydroxylation is 1. The van der Waals surface area contributed by atoms with E-state index in [1.54, 1.807) is 18.2 Å². The smallest absolute Gasteiger partial charge is 0.264 e. The first-order valence-corrected chi connectivity index (χ1v) is 7.82. The van der Waals surface area contributed by atoms with Crippen molar-refractivity contribution in [2.75, 3.05) is 11.8 Å². The van der Waals surface area contributed by atoms with Gasteiger partial charge in [0.25, 0.3) is 10.0 Å². The van der Waals surface area contributed by atoms with Crippen LogP contribution in [0.4, 0.5) is 10.1 Å². The molecule has 0 heterocycles. The third-order valence-corrected chi connectivity index (χ3v) is 4.42. The van der Waals surface area contributed by atoms with Crippen LogP contribution in [0.25, 0.3) is 0 Å². The molecule has 0 radical (unpaired) electrons. The minimum atomic E-state index is -4.07. The van der Waals surface area contributed by atoms with Crippen LogP contribution >= 0.6 is 11.6 Å². The van der Waals surface area contributed by atoms with Gasteiger partial charge in [-0.15, -0.1) is 0 Å². The van der Waals surface area contributed by atoms with Crippen molar-refractivity contribution in [3.63, 3.8) is 0 Å². The first-order valence-electron chi connectivity index (χ1n) is 5.96. The first kappa shape index (κ1) is 15.6. The Kier molecular flexibility index (Phi) is 4.39. The largest absolute Gasteiger partial charge is 0.495 e. The molecule has 0 aliphatic carbocycles. The summed E-state index contributed by atoms with van der Waals surface area (Å²) in [7, 11) is -2.64. The lowest BCUT2D eigenvalue weighted by Crippen LogP contribution is -2.15. The van der Waals surface area contributed by atoms with Gasteiger partial charge in [-0.3, -0.25) is 4.72 Å². The van der Waals surface area contributed by atoms with Crippen LogP contribution < -0.4 is 9.46 Å². The number of methoxy groups -OCH3 is 1. The summed E-state index contributed by atoms with van der Waals surface area (Å²) >= 11 is 5.62. The molecule has 1 N–H and O–H groups in total. The zero-order chi connectivity index (χ0) is 15.6. The summed E-state index contributed by atoms with van der Waals surface area (Å²) in [6.45, 7) is 1.85. The van der Waals surface area contributed by atoms with E-state index in [0.29, 0.717) is 5.75 Å². The van der Waals surface area contributed by atoms with Crippen molar-refractivity contribution < 1.29 is 17.5 Å². The molecule has 0 spiro atoms. The Labute approximate surface area is 127 Å². The summed E-state index contributed by atoms with van der Waals surface area (Å²) in [5.41, 5.74) is 1.14. The van der Waals surface area contributed by atoms with Crippen molar-refractivity contribution in [3.8, 4) is 5.75 Å². The molecule has 0 aliphatic rings. The van der Waals surface area contributed by atoms with E-state index in [9.17, 15) is 12.8 Å². The molecule has 2 aromatic rings. The normalized spacial score (nSPS) is 11.2. The van der Waals surface area contributed by atoms with Crippen LogP contribution in [0.15, 0.2) is 41.3 Å². The van der Waals surface area contributed by atoms with Crippen LogP contribution in [0, 0.1) is 12.7 Å². The van der Waals surface area contributed by atoms with Gasteiger partial charge in [0.15, 0.2) is 0 Å². The van der Waals surface area contributed by atoms with E-state index in [2.05, 4.69) is 4.72 Å². The van der Waals surface area contributed by atoms with E-state index in [-0.39, 0.29) is 10.7 Å². The lowest BCUT2D eigenvalue weighted by Gasteiger charge is -2.13. The lowest BCUT2D eigenvalue weighted by molar-refractivity contribution is 0.416. The van der Waals surface area contributed by atoms with E-state index in [1.807, 2.05) is 6.92 Å². The van der Waals surface area contributed by atoms with E-state index in [1.165, 1.54) is 13.2 Å². The SMILES string of the molecule is COc1cc(C)ccc1NS(=O)(=O)c1ccc(Cl)cc1F. The van der Waals surface area contributed by atoms with Crippen LogP contribution in [0.3, 0.4) is 0 Å². The minimum absolute atomic E-state index is 0.124. The Hall–Kier alpha value is -1.79. The lowest BCUT2D eigenvalue weighted by atomic mass is 10.2. The second-order valence-corrected chi connectivity index (χ2v) is 6.47. The van der Waals surface area contributed by atoms with Crippen molar-refractivity contribution in [2.24, 2.45) is 0 Å². The van der Waals surface area contributed by atoms with Crippen LogP contribution in [0.5, 0.6) is 5.75 Å². The van der Waals surface area contributed by atoms with E-state index >= 15 is 0 Å². The predicted octanol–water partition coefficient (Wildman–Crippen LogP) is 3.60. The number of anilines is 1. The van der Waals surface area contributed by atoms with Crippen molar-refractivity contribution in [2.45, 2.75) is 11.8 Å². The molecule has 0 atom stereocenters. The van der Waals surface area contributed by atoms with Gasteiger partial charge in [-0.2, -0.15) is 0 Å². The molecule has 0 bridgehead atoms. The summed E-state index contributed by atoms with van der Waals surface area (Å²) in [4.78, 5) is -0.477. The average Bonchev–Trinajstić information content (AvgIpc) is 2.40. The van der Waals surface area contributed by atoms with Crippen molar-refractivity contribution in [3.05, 3.63) is 52.8 Å². The zero-order valence-electron chi connectivity index (χ0n) is 11.4. The molecule has 0 aliphatic heterocycles. The van der Waals surface area contributed by atoms with Gasteiger partial charge in [0.2, 0.25) is 0 Å². The highest BCUT2D eigenvalue weighted by atomic mass is 35.5. The van der Waals surface area contributed by atoms with Gasteiger partial charge in [-0.25, -0.2) is 12.8 Å². The fourth-order valence-corrected chi connectivity index (χ4v) is 3.07. The minimum Gasteiger partial charge on any atom is -0.495 e. The number of ether oxygens (including phenoxy) is 1. The number of benzene rings is 2. The molecule has 7 heteroatoms. The number of hydrogen-bond acceptors (Lipinski definition) is 3. The first-order chi connectivity index (χ1) is 9.83. The number of halogens is 2. The molecule has 21 heavy (non-hydrogen) atoms. The molecule has 0 unspecified atom stereocenters. The monoisotopic (exact) mass is 329 g/mol. The van der Waals surface area contributed by atoms with Gasteiger partial charge < -0.3 is 4.74 Å². The molecule has 4 nitrogen and oxygen atoms in total. The van der Waals surface area contributed by atoms with Crippen LogP contribution in [-0.4, -0.2) is 15.5 Å². The van der Waals surface area contributed by atoms with Crippen LogP contribution in [0.1, 0.15) is 5.56 Å². The Morgan fingerprint density at radius 2 is 1.90 bits per heavy atom. The van der Waals surface area contributed by atoms with E-state index in [0.717, 1.165) is 17.7 Å². The Morgan fingerprint density at radius 1 is 1.19 bits per heavy atom. The van der Waals surface area contributed by atoms with Crippen LogP contribution in [-0.2, 0) is 10.0 Å². The molecule has 0 saturated carbocycles. The Morgan fingerprint density at radius 3 is 2.52 bits per heavy atom. The molecular weight excluding hydrogens is 317 g/mol. The summed E-state index contributed by atoms with van der Waals surface area (Å²) in [5.74, 6) is -0.561. The molecule has 0 saturated heterocycles. The molecule has 2 rings (SSSR count). The maximum atomic E-state index is 13.8. The highest BCUT2D eigenvalue weighted by Gasteiger charge is 2.20. The van der Waals surface area contributed by atoms with Crippen molar-refractivity contribution in [1.82, 2.24) is 0 Å². The van der Waals surface area contributed by atoms with Gasteiger partial charge in [-0.05, 0) is 42.8 Å². The second-order valence-electron chi connectivity index (χ2n) is 4.38. The number of rotatable bonds is 4.